The third-order valence-corrected chi connectivity index (χ3v) is 3.28. The topological polar surface area (TPSA) is 35.2 Å². The number of benzene rings is 2. The average molecular weight is 283 g/mol. The van der Waals surface area contributed by atoms with Crippen LogP contribution in [-0.2, 0) is 6.61 Å². The van der Waals surface area contributed by atoms with E-state index in [1.54, 1.807) is 12.1 Å². The lowest BCUT2D eigenvalue weighted by molar-refractivity contribution is 0.289. The van der Waals surface area contributed by atoms with E-state index in [0.717, 1.165) is 16.7 Å². The molecule has 0 saturated heterocycles. The van der Waals surface area contributed by atoms with Crippen LogP contribution in [0.1, 0.15) is 22.3 Å². The van der Waals surface area contributed by atoms with Crippen LogP contribution in [0, 0.1) is 31.5 Å². The predicted molar refractivity (Wildman–Crippen MR) is 82.6 cm³/mol. The van der Waals surface area contributed by atoms with E-state index in [9.17, 15) is 4.39 Å². The second-order valence-electron chi connectivity index (χ2n) is 4.81. The second-order valence-corrected chi connectivity index (χ2v) is 4.81. The Bertz CT molecular complexity index is 678. The molecule has 0 bridgehead atoms. The molecule has 2 rings (SSSR count). The normalized spacial score (nSPS) is 9.90. The van der Waals surface area contributed by atoms with E-state index in [4.69, 9.17) is 10.5 Å². The molecule has 0 heterocycles. The van der Waals surface area contributed by atoms with Gasteiger partial charge in [-0.2, -0.15) is 0 Å². The molecule has 0 unspecified atom stereocenters. The molecule has 108 valence electrons. The number of aryl methyl sites for hydroxylation is 2. The highest BCUT2D eigenvalue weighted by molar-refractivity contribution is 5.41. The first-order valence-corrected chi connectivity index (χ1v) is 6.78. The Labute approximate surface area is 124 Å². The molecule has 0 aromatic heterocycles. The van der Waals surface area contributed by atoms with Crippen LogP contribution in [0.5, 0.6) is 5.75 Å². The van der Waals surface area contributed by atoms with Crippen molar-refractivity contribution < 1.29 is 9.13 Å². The maximum atomic E-state index is 13.8. The van der Waals surface area contributed by atoms with E-state index in [2.05, 4.69) is 11.8 Å². The van der Waals surface area contributed by atoms with E-state index in [0.29, 0.717) is 12.2 Å². The molecule has 0 aliphatic carbocycles. The number of nitrogens with two attached hydrogens (primary N) is 1. The Kier molecular flexibility index (Phi) is 4.97. The summed E-state index contributed by atoms with van der Waals surface area (Å²) in [5.41, 5.74) is 9.37. The van der Waals surface area contributed by atoms with Crippen LogP contribution >= 0.6 is 0 Å². The number of hydrogen-bond acceptors (Lipinski definition) is 2. The fraction of sp³-hybridized carbons (Fsp3) is 0.222. The first-order valence-electron chi connectivity index (χ1n) is 6.78. The Morgan fingerprint density at radius 3 is 2.52 bits per heavy atom. The molecule has 21 heavy (non-hydrogen) atoms. The summed E-state index contributed by atoms with van der Waals surface area (Å²) in [6.07, 6.45) is 0. The van der Waals surface area contributed by atoms with Crippen molar-refractivity contribution in [2.45, 2.75) is 20.5 Å². The zero-order valence-electron chi connectivity index (χ0n) is 12.2. The molecule has 0 saturated carbocycles. The van der Waals surface area contributed by atoms with E-state index < -0.39 is 0 Å². The van der Waals surface area contributed by atoms with Crippen LogP contribution in [0.4, 0.5) is 4.39 Å². The Balaban J connectivity index is 2.20. The summed E-state index contributed by atoms with van der Waals surface area (Å²) in [6, 6.07) is 10.6. The fourth-order valence-corrected chi connectivity index (χ4v) is 2.07. The third-order valence-electron chi connectivity index (χ3n) is 3.28. The predicted octanol–water partition coefficient (Wildman–Crippen LogP) is 3.33. The monoisotopic (exact) mass is 283 g/mol. The first kappa shape index (κ1) is 15.1. The number of rotatable bonds is 3. The summed E-state index contributed by atoms with van der Waals surface area (Å²) in [7, 11) is 0. The molecule has 3 heteroatoms. The van der Waals surface area contributed by atoms with Crippen molar-refractivity contribution in [3.8, 4) is 17.6 Å². The van der Waals surface area contributed by atoms with Gasteiger partial charge in [0.1, 0.15) is 6.61 Å². The molecular weight excluding hydrogens is 265 g/mol. The van der Waals surface area contributed by atoms with Gasteiger partial charge in [-0.3, -0.25) is 0 Å². The third kappa shape index (κ3) is 3.84. The van der Waals surface area contributed by atoms with Crippen LogP contribution in [0.15, 0.2) is 36.4 Å². The standard InChI is InChI=1S/C18H18FNO/c1-13-5-3-6-14(2)16(13)12-21-18-11-15(7-4-10-20)8-9-17(18)19/h3,5-6,8-9,11H,10,12,20H2,1-2H3. The highest BCUT2D eigenvalue weighted by atomic mass is 19.1. The maximum absolute atomic E-state index is 13.8. The van der Waals surface area contributed by atoms with Gasteiger partial charge in [-0.25, -0.2) is 4.39 Å². The van der Waals surface area contributed by atoms with Crippen LogP contribution in [0.3, 0.4) is 0 Å². The first-order chi connectivity index (χ1) is 10.1. The molecule has 0 atom stereocenters. The van der Waals surface area contributed by atoms with Gasteiger partial charge in [0.05, 0.1) is 6.54 Å². The fourth-order valence-electron chi connectivity index (χ4n) is 2.07. The van der Waals surface area contributed by atoms with Gasteiger partial charge in [0.2, 0.25) is 0 Å². The van der Waals surface area contributed by atoms with Gasteiger partial charge in [-0.1, -0.05) is 30.0 Å². The van der Waals surface area contributed by atoms with Gasteiger partial charge >= 0.3 is 0 Å². The molecule has 0 radical (unpaired) electrons. The minimum atomic E-state index is -0.389. The molecule has 0 aliphatic rings. The summed E-state index contributed by atoms with van der Waals surface area (Å²) in [4.78, 5) is 0. The lowest BCUT2D eigenvalue weighted by Crippen LogP contribution is -2.02. The summed E-state index contributed by atoms with van der Waals surface area (Å²) >= 11 is 0. The summed E-state index contributed by atoms with van der Waals surface area (Å²) < 4.78 is 19.4. The van der Waals surface area contributed by atoms with Gasteiger partial charge in [-0.05, 0) is 48.7 Å². The van der Waals surface area contributed by atoms with Crippen molar-refractivity contribution in [1.82, 2.24) is 0 Å². The Morgan fingerprint density at radius 2 is 1.86 bits per heavy atom. The van der Waals surface area contributed by atoms with Gasteiger partial charge in [0, 0.05) is 5.56 Å². The van der Waals surface area contributed by atoms with Crippen LogP contribution < -0.4 is 10.5 Å². The molecule has 0 spiro atoms. The van der Waals surface area contributed by atoms with Crippen molar-refractivity contribution in [2.24, 2.45) is 5.73 Å². The molecule has 2 N–H and O–H groups in total. The van der Waals surface area contributed by atoms with E-state index in [1.165, 1.54) is 6.07 Å². The minimum absolute atomic E-state index is 0.210. The van der Waals surface area contributed by atoms with Crippen molar-refractivity contribution in [2.75, 3.05) is 6.54 Å². The Morgan fingerprint density at radius 1 is 1.14 bits per heavy atom. The SMILES string of the molecule is Cc1cccc(C)c1COc1cc(C#CCN)ccc1F. The van der Waals surface area contributed by atoms with Crippen molar-refractivity contribution in [1.29, 1.82) is 0 Å². The zero-order chi connectivity index (χ0) is 15.2. The average Bonchev–Trinajstić information content (AvgIpc) is 2.47. The molecule has 2 aromatic carbocycles. The zero-order valence-corrected chi connectivity index (χ0v) is 12.2. The molecule has 0 fully saturated rings. The number of ether oxygens (including phenoxy) is 1. The lowest BCUT2D eigenvalue weighted by Gasteiger charge is -2.12. The molecule has 2 nitrogen and oxygen atoms in total. The van der Waals surface area contributed by atoms with Crippen LogP contribution in [-0.4, -0.2) is 6.54 Å². The Hall–Kier alpha value is -2.31. The van der Waals surface area contributed by atoms with Crippen molar-refractivity contribution >= 4 is 0 Å². The molecule has 0 amide bonds. The largest absolute Gasteiger partial charge is 0.486 e. The van der Waals surface area contributed by atoms with Crippen LogP contribution in [0.2, 0.25) is 0 Å². The summed E-state index contributed by atoms with van der Waals surface area (Å²) in [5.74, 6) is 5.43. The van der Waals surface area contributed by atoms with Gasteiger partial charge in [0.25, 0.3) is 0 Å². The highest BCUT2D eigenvalue weighted by Crippen LogP contribution is 2.21. The summed E-state index contributed by atoms with van der Waals surface area (Å²) in [5, 5.41) is 0. The maximum Gasteiger partial charge on any atom is 0.165 e. The lowest BCUT2D eigenvalue weighted by atomic mass is 10.0. The van der Waals surface area contributed by atoms with Gasteiger partial charge in [0.15, 0.2) is 11.6 Å². The van der Waals surface area contributed by atoms with E-state index in [1.807, 2.05) is 32.0 Å². The number of hydrogen-bond donors (Lipinski definition) is 1. The van der Waals surface area contributed by atoms with E-state index in [-0.39, 0.29) is 18.1 Å². The summed E-state index contributed by atoms with van der Waals surface area (Å²) in [6.45, 7) is 4.65. The second kappa shape index (κ2) is 6.92. The smallest absolute Gasteiger partial charge is 0.165 e. The quantitative estimate of drug-likeness (QED) is 0.877. The minimum Gasteiger partial charge on any atom is -0.486 e. The highest BCUT2D eigenvalue weighted by Gasteiger charge is 2.07. The molecular formula is C18H18FNO. The van der Waals surface area contributed by atoms with Gasteiger partial charge < -0.3 is 10.5 Å². The number of halogens is 1. The van der Waals surface area contributed by atoms with Gasteiger partial charge in [-0.15, -0.1) is 0 Å². The van der Waals surface area contributed by atoms with E-state index >= 15 is 0 Å². The molecule has 2 aromatic rings. The van der Waals surface area contributed by atoms with Crippen molar-refractivity contribution in [3.05, 3.63) is 64.5 Å². The molecule has 0 aliphatic heterocycles. The van der Waals surface area contributed by atoms with Crippen LogP contribution in [0.25, 0.3) is 0 Å². The van der Waals surface area contributed by atoms with Crippen molar-refractivity contribution in [3.63, 3.8) is 0 Å².